The zero-order chi connectivity index (χ0) is 13.9. The predicted octanol–water partition coefficient (Wildman–Crippen LogP) is 1.79. The van der Waals surface area contributed by atoms with Crippen molar-refractivity contribution in [3.63, 3.8) is 0 Å². The van der Waals surface area contributed by atoms with Gasteiger partial charge in [0.25, 0.3) is 0 Å². The molecule has 1 rings (SSSR count). The molecule has 8 heteroatoms. The van der Waals surface area contributed by atoms with E-state index in [2.05, 4.69) is 15.3 Å². The largest absolute Gasteiger partial charge is 0.362 e. The van der Waals surface area contributed by atoms with Gasteiger partial charge in [0.2, 0.25) is 11.0 Å². The molecule has 1 N–H and O–H groups in total. The molecule has 0 aliphatic heterocycles. The molecular weight excluding hydrogens is 258 g/mol. The van der Waals surface area contributed by atoms with Gasteiger partial charge in [-0.2, -0.15) is 0 Å². The number of nitrogens with zero attached hydrogens (tertiary/aromatic N) is 4. The Bertz CT molecular complexity index is 450. The van der Waals surface area contributed by atoms with E-state index in [-0.39, 0.29) is 22.2 Å². The van der Waals surface area contributed by atoms with Crippen molar-refractivity contribution in [2.24, 2.45) is 0 Å². The fourth-order valence-electron chi connectivity index (χ4n) is 1.11. The zero-order valence-electron chi connectivity index (χ0n) is 10.8. The Balaban J connectivity index is 2.92. The molecule has 0 saturated carbocycles. The molecule has 0 fully saturated rings. The molecule has 0 aromatic carbocycles. The van der Waals surface area contributed by atoms with Crippen LogP contribution in [-0.4, -0.2) is 46.0 Å². The number of rotatable bonds is 5. The number of nitro groups is 1. The minimum atomic E-state index is -0.590. The highest BCUT2D eigenvalue weighted by Crippen LogP contribution is 2.28. The van der Waals surface area contributed by atoms with Crippen LogP contribution in [0.25, 0.3) is 0 Å². The summed E-state index contributed by atoms with van der Waals surface area (Å²) < 4.78 is 0. The molecule has 1 aromatic heterocycles. The summed E-state index contributed by atoms with van der Waals surface area (Å²) in [6.07, 6.45) is 1.19. The van der Waals surface area contributed by atoms with Crippen molar-refractivity contribution >= 4 is 23.1 Å². The lowest BCUT2D eigenvalue weighted by Gasteiger charge is -2.32. The summed E-state index contributed by atoms with van der Waals surface area (Å²) in [6, 6.07) is 0. The highest BCUT2D eigenvalue weighted by atomic mass is 35.5. The minimum Gasteiger partial charge on any atom is -0.362 e. The number of aromatic nitrogens is 2. The Morgan fingerprint density at radius 2 is 2.11 bits per heavy atom. The number of nitrogens with one attached hydrogen (secondary N) is 1. The van der Waals surface area contributed by atoms with E-state index in [1.54, 1.807) is 0 Å². The van der Waals surface area contributed by atoms with E-state index >= 15 is 0 Å². The van der Waals surface area contributed by atoms with Crippen molar-refractivity contribution in [3.05, 3.63) is 21.6 Å². The van der Waals surface area contributed by atoms with Crippen LogP contribution in [0, 0.1) is 10.1 Å². The van der Waals surface area contributed by atoms with Crippen LogP contribution in [0.15, 0.2) is 6.33 Å². The molecule has 1 aromatic rings. The van der Waals surface area contributed by atoms with E-state index in [1.165, 1.54) is 6.33 Å². The molecule has 0 amide bonds. The maximum atomic E-state index is 10.9. The summed E-state index contributed by atoms with van der Waals surface area (Å²) in [5.74, 6) is 0.134. The van der Waals surface area contributed by atoms with Crippen molar-refractivity contribution < 1.29 is 4.92 Å². The quantitative estimate of drug-likeness (QED) is 0.500. The Kier molecular flexibility index (Phi) is 4.42. The second-order valence-electron chi connectivity index (χ2n) is 4.68. The SMILES string of the molecule is CN(C)C(C)(C)CNc1ncnc(Cl)c1[N+](=O)[O-]. The molecule has 0 saturated heterocycles. The number of likely N-dealkylation sites (N-methyl/N-ethyl adjacent to an activating group) is 1. The molecule has 18 heavy (non-hydrogen) atoms. The van der Waals surface area contributed by atoms with E-state index in [9.17, 15) is 10.1 Å². The predicted molar refractivity (Wildman–Crippen MR) is 70.0 cm³/mol. The molecule has 0 unspecified atom stereocenters. The lowest BCUT2D eigenvalue weighted by Crippen LogP contribution is -2.44. The van der Waals surface area contributed by atoms with Crippen LogP contribution in [0.5, 0.6) is 0 Å². The van der Waals surface area contributed by atoms with Crippen LogP contribution in [0.2, 0.25) is 5.15 Å². The van der Waals surface area contributed by atoms with Crippen molar-refractivity contribution in [3.8, 4) is 0 Å². The third-order valence-electron chi connectivity index (χ3n) is 2.86. The maximum absolute atomic E-state index is 10.9. The van der Waals surface area contributed by atoms with Gasteiger partial charge in [-0.05, 0) is 27.9 Å². The van der Waals surface area contributed by atoms with E-state index < -0.39 is 4.92 Å². The van der Waals surface area contributed by atoms with E-state index in [0.717, 1.165) is 0 Å². The van der Waals surface area contributed by atoms with Gasteiger partial charge in [-0.1, -0.05) is 11.6 Å². The second kappa shape index (κ2) is 5.45. The van der Waals surface area contributed by atoms with Crippen LogP contribution in [-0.2, 0) is 0 Å². The monoisotopic (exact) mass is 273 g/mol. The Hall–Kier alpha value is -1.47. The van der Waals surface area contributed by atoms with Crippen LogP contribution in [0.1, 0.15) is 13.8 Å². The van der Waals surface area contributed by atoms with Crippen molar-refractivity contribution in [2.75, 3.05) is 26.0 Å². The van der Waals surface area contributed by atoms with Gasteiger partial charge in [-0.25, -0.2) is 9.97 Å². The first-order valence-electron chi connectivity index (χ1n) is 5.32. The van der Waals surface area contributed by atoms with Gasteiger partial charge >= 0.3 is 5.69 Å². The fraction of sp³-hybridized carbons (Fsp3) is 0.600. The Morgan fingerprint density at radius 3 is 2.61 bits per heavy atom. The highest BCUT2D eigenvalue weighted by Gasteiger charge is 2.25. The molecule has 0 bridgehead atoms. The third kappa shape index (κ3) is 3.27. The molecule has 0 atom stereocenters. The topological polar surface area (TPSA) is 84.2 Å². The van der Waals surface area contributed by atoms with Crippen molar-refractivity contribution in [2.45, 2.75) is 19.4 Å². The van der Waals surface area contributed by atoms with E-state index in [1.807, 2.05) is 32.8 Å². The fourth-order valence-corrected chi connectivity index (χ4v) is 1.31. The first-order chi connectivity index (χ1) is 8.25. The van der Waals surface area contributed by atoms with Crippen LogP contribution >= 0.6 is 11.6 Å². The first kappa shape index (κ1) is 14.6. The van der Waals surface area contributed by atoms with Gasteiger partial charge in [0.1, 0.15) is 6.33 Å². The van der Waals surface area contributed by atoms with Crippen LogP contribution in [0.3, 0.4) is 0 Å². The molecular formula is C10H16ClN5O2. The molecule has 0 aliphatic carbocycles. The Labute approximate surface area is 110 Å². The molecule has 100 valence electrons. The number of anilines is 1. The van der Waals surface area contributed by atoms with E-state index in [4.69, 9.17) is 11.6 Å². The molecule has 0 spiro atoms. The summed E-state index contributed by atoms with van der Waals surface area (Å²) in [5.41, 5.74) is -0.473. The van der Waals surface area contributed by atoms with Gasteiger partial charge in [0.15, 0.2) is 0 Å². The van der Waals surface area contributed by atoms with Crippen molar-refractivity contribution in [1.29, 1.82) is 0 Å². The average Bonchev–Trinajstić information content (AvgIpc) is 2.25. The molecule has 0 radical (unpaired) electrons. The van der Waals surface area contributed by atoms with Crippen LogP contribution in [0.4, 0.5) is 11.5 Å². The minimum absolute atomic E-state index is 0.134. The normalized spacial score (nSPS) is 11.7. The lowest BCUT2D eigenvalue weighted by atomic mass is 10.0. The first-order valence-corrected chi connectivity index (χ1v) is 5.69. The van der Waals surface area contributed by atoms with Gasteiger partial charge < -0.3 is 10.2 Å². The van der Waals surface area contributed by atoms with E-state index in [0.29, 0.717) is 6.54 Å². The summed E-state index contributed by atoms with van der Waals surface area (Å²) in [6.45, 7) is 4.51. The summed E-state index contributed by atoms with van der Waals surface area (Å²) >= 11 is 5.69. The summed E-state index contributed by atoms with van der Waals surface area (Å²) in [7, 11) is 3.87. The number of hydrogen-bond donors (Lipinski definition) is 1. The second-order valence-corrected chi connectivity index (χ2v) is 5.04. The summed E-state index contributed by atoms with van der Waals surface area (Å²) in [5, 5.41) is 13.7. The summed E-state index contributed by atoms with van der Waals surface area (Å²) in [4.78, 5) is 19.8. The van der Waals surface area contributed by atoms with Gasteiger partial charge in [0, 0.05) is 12.1 Å². The highest BCUT2D eigenvalue weighted by molar-refractivity contribution is 6.31. The maximum Gasteiger partial charge on any atom is 0.348 e. The molecule has 7 nitrogen and oxygen atoms in total. The molecule has 0 aliphatic rings. The van der Waals surface area contributed by atoms with Crippen LogP contribution < -0.4 is 5.32 Å². The number of hydrogen-bond acceptors (Lipinski definition) is 6. The molecule has 1 heterocycles. The lowest BCUT2D eigenvalue weighted by molar-refractivity contribution is -0.384. The van der Waals surface area contributed by atoms with Gasteiger partial charge in [-0.15, -0.1) is 0 Å². The number of halogens is 1. The standard InChI is InChI=1S/C10H16ClN5O2/c1-10(2,15(3)4)5-12-9-7(16(17)18)8(11)13-6-14-9/h6H,5H2,1-4H3,(H,12,13,14). The third-order valence-corrected chi connectivity index (χ3v) is 3.14. The average molecular weight is 274 g/mol. The Morgan fingerprint density at radius 1 is 1.50 bits per heavy atom. The smallest absolute Gasteiger partial charge is 0.348 e. The van der Waals surface area contributed by atoms with Gasteiger partial charge in [-0.3, -0.25) is 10.1 Å². The van der Waals surface area contributed by atoms with Gasteiger partial charge in [0.05, 0.1) is 4.92 Å². The van der Waals surface area contributed by atoms with Crippen molar-refractivity contribution in [1.82, 2.24) is 14.9 Å². The zero-order valence-corrected chi connectivity index (χ0v) is 11.5.